The van der Waals surface area contributed by atoms with E-state index in [2.05, 4.69) is 30.5 Å². The number of furan rings is 1. The predicted molar refractivity (Wildman–Crippen MR) is 76.0 cm³/mol. The summed E-state index contributed by atoms with van der Waals surface area (Å²) in [6.45, 7) is 5.35. The Labute approximate surface area is 114 Å². The molecule has 0 saturated carbocycles. The van der Waals surface area contributed by atoms with Gasteiger partial charge in [0, 0.05) is 24.8 Å². The van der Waals surface area contributed by atoms with Crippen LogP contribution in [0.1, 0.15) is 43.1 Å². The van der Waals surface area contributed by atoms with Crippen molar-refractivity contribution < 1.29 is 4.42 Å². The first-order valence-electron chi connectivity index (χ1n) is 7.01. The van der Waals surface area contributed by atoms with Crippen LogP contribution in [0.15, 0.2) is 29.2 Å². The minimum absolute atomic E-state index is 0.307. The molecule has 0 aliphatic heterocycles. The highest BCUT2D eigenvalue weighted by Crippen LogP contribution is 2.22. The maximum Gasteiger partial charge on any atom is 0.0935 e. The molecule has 2 aromatic rings. The third kappa shape index (κ3) is 3.47. The summed E-state index contributed by atoms with van der Waals surface area (Å²) in [7, 11) is 1.98. The lowest BCUT2D eigenvalue weighted by molar-refractivity contribution is 0.517. The molecule has 2 heterocycles. The van der Waals surface area contributed by atoms with E-state index in [1.54, 1.807) is 6.26 Å². The largest absolute Gasteiger partial charge is 0.472 e. The first-order chi connectivity index (χ1) is 9.24. The zero-order chi connectivity index (χ0) is 13.7. The lowest BCUT2D eigenvalue weighted by atomic mass is 10.00. The van der Waals surface area contributed by atoms with Crippen LogP contribution in [-0.2, 0) is 19.9 Å². The molecule has 4 heteroatoms. The molecule has 0 saturated heterocycles. The summed E-state index contributed by atoms with van der Waals surface area (Å²) in [6.07, 6.45) is 8.72. The van der Waals surface area contributed by atoms with E-state index >= 15 is 0 Å². The monoisotopic (exact) mass is 261 g/mol. The molecule has 0 aliphatic rings. The van der Waals surface area contributed by atoms with Crippen LogP contribution < -0.4 is 5.32 Å². The fourth-order valence-corrected chi connectivity index (χ4v) is 2.37. The van der Waals surface area contributed by atoms with Gasteiger partial charge in [-0.3, -0.25) is 4.68 Å². The molecule has 0 aromatic carbocycles. The average Bonchev–Trinajstić information content (AvgIpc) is 3.03. The molecular formula is C15H23N3O. The van der Waals surface area contributed by atoms with Crippen molar-refractivity contribution in [1.82, 2.24) is 15.1 Å². The van der Waals surface area contributed by atoms with Crippen molar-refractivity contribution >= 4 is 0 Å². The molecule has 0 amide bonds. The van der Waals surface area contributed by atoms with E-state index in [0.717, 1.165) is 25.8 Å². The second-order valence-corrected chi connectivity index (χ2v) is 4.90. The zero-order valence-electron chi connectivity index (χ0n) is 12.0. The molecule has 1 unspecified atom stereocenters. The molecule has 1 N–H and O–H groups in total. The van der Waals surface area contributed by atoms with Gasteiger partial charge in [0.05, 0.1) is 18.2 Å². The summed E-state index contributed by atoms with van der Waals surface area (Å²) in [5.74, 6) is 0. The quantitative estimate of drug-likeness (QED) is 0.833. The number of rotatable bonds is 7. The number of aryl methyl sites for hydroxylation is 2. The first-order valence-corrected chi connectivity index (χ1v) is 7.01. The van der Waals surface area contributed by atoms with Crippen molar-refractivity contribution in [3.8, 4) is 0 Å². The van der Waals surface area contributed by atoms with Gasteiger partial charge in [-0.25, -0.2) is 0 Å². The first kappa shape index (κ1) is 13.9. The van der Waals surface area contributed by atoms with Crippen molar-refractivity contribution in [2.75, 3.05) is 6.54 Å². The van der Waals surface area contributed by atoms with E-state index in [9.17, 15) is 0 Å². The predicted octanol–water partition coefficient (Wildman–Crippen LogP) is 2.86. The summed E-state index contributed by atoms with van der Waals surface area (Å²) in [5.41, 5.74) is 3.71. The van der Waals surface area contributed by atoms with Crippen LogP contribution in [0.2, 0.25) is 0 Å². The summed E-state index contributed by atoms with van der Waals surface area (Å²) in [4.78, 5) is 0. The lowest BCUT2D eigenvalue weighted by Crippen LogP contribution is -2.24. The van der Waals surface area contributed by atoms with Gasteiger partial charge in [-0.05, 0) is 37.4 Å². The third-order valence-electron chi connectivity index (χ3n) is 3.31. The topological polar surface area (TPSA) is 43.0 Å². The smallest absolute Gasteiger partial charge is 0.0935 e. The van der Waals surface area contributed by atoms with Crippen LogP contribution >= 0.6 is 0 Å². The fourth-order valence-electron chi connectivity index (χ4n) is 2.37. The van der Waals surface area contributed by atoms with Gasteiger partial charge in [0.2, 0.25) is 0 Å². The normalized spacial score (nSPS) is 12.8. The van der Waals surface area contributed by atoms with Gasteiger partial charge in [0.25, 0.3) is 0 Å². The molecule has 0 spiro atoms. The van der Waals surface area contributed by atoms with Gasteiger partial charge in [0.15, 0.2) is 0 Å². The Kier molecular flexibility index (Phi) is 4.80. The van der Waals surface area contributed by atoms with Crippen LogP contribution in [0.5, 0.6) is 0 Å². The Morgan fingerprint density at radius 1 is 1.42 bits per heavy atom. The second kappa shape index (κ2) is 6.57. The Morgan fingerprint density at radius 2 is 2.26 bits per heavy atom. The van der Waals surface area contributed by atoms with Gasteiger partial charge < -0.3 is 9.73 Å². The lowest BCUT2D eigenvalue weighted by Gasteiger charge is -2.17. The van der Waals surface area contributed by atoms with Gasteiger partial charge in [-0.15, -0.1) is 0 Å². The van der Waals surface area contributed by atoms with Gasteiger partial charge in [-0.2, -0.15) is 5.10 Å². The molecule has 2 aromatic heterocycles. The van der Waals surface area contributed by atoms with Crippen LogP contribution in [0.25, 0.3) is 0 Å². The van der Waals surface area contributed by atoms with Crippen molar-refractivity contribution in [3.05, 3.63) is 41.6 Å². The van der Waals surface area contributed by atoms with E-state index in [4.69, 9.17) is 4.42 Å². The van der Waals surface area contributed by atoms with E-state index in [0.29, 0.717) is 6.04 Å². The van der Waals surface area contributed by atoms with Gasteiger partial charge in [0.1, 0.15) is 0 Å². The molecular weight excluding hydrogens is 238 g/mol. The number of hydrogen-bond donors (Lipinski definition) is 1. The average molecular weight is 261 g/mol. The number of aromatic nitrogens is 2. The molecule has 0 aliphatic carbocycles. The Hall–Kier alpha value is -1.55. The van der Waals surface area contributed by atoms with Crippen molar-refractivity contribution in [2.45, 2.75) is 39.2 Å². The molecule has 2 rings (SSSR count). The Morgan fingerprint density at radius 3 is 2.89 bits per heavy atom. The van der Waals surface area contributed by atoms with E-state index in [1.807, 2.05) is 24.1 Å². The van der Waals surface area contributed by atoms with Crippen LogP contribution in [0.3, 0.4) is 0 Å². The van der Waals surface area contributed by atoms with Crippen LogP contribution in [0.4, 0.5) is 0 Å². The minimum Gasteiger partial charge on any atom is -0.472 e. The van der Waals surface area contributed by atoms with Gasteiger partial charge >= 0.3 is 0 Å². The summed E-state index contributed by atoms with van der Waals surface area (Å²) in [5, 5.41) is 8.16. The number of hydrogen-bond acceptors (Lipinski definition) is 3. The molecule has 1 atom stereocenters. The van der Waals surface area contributed by atoms with Gasteiger partial charge in [-0.1, -0.05) is 13.8 Å². The Bertz CT molecular complexity index is 487. The van der Waals surface area contributed by atoms with Crippen molar-refractivity contribution in [1.29, 1.82) is 0 Å². The third-order valence-corrected chi connectivity index (χ3v) is 3.31. The highest BCUT2D eigenvalue weighted by Gasteiger charge is 2.18. The van der Waals surface area contributed by atoms with Crippen LogP contribution in [0, 0.1) is 0 Å². The number of nitrogens with one attached hydrogen (secondary N) is 1. The number of nitrogens with zero attached hydrogens (tertiary/aromatic N) is 2. The maximum absolute atomic E-state index is 5.17. The SMILES string of the molecule is CCCNC(Cc1ccoc1)c1cn(C)nc1CC. The summed E-state index contributed by atoms with van der Waals surface area (Å²) in [6, 6.07) is 2.34. The minimum atomic E-state index is 0.307. The van der Waals surface area contributed by atoms with E-state index in [1.165, 1.54) is 16.8 Å². The van der Waals surface area contributed by atoms with Crippen molar-refractivity contribution in [2.24, 2.45) is 7.05 Å². The molecule has 0 fully saturated rings. The molecule has 19 heavy (non-hydrogen) atoms. The fraction of sp³-hybridized carbons (Fsp3) is 0.533. The van der Waals surface area contributed by atoms with Crippen molar-refractivity contribution in [3.63, 3.8) is 0 Å². The van der Waals surface area contributed by atoms with E-state index in [-0.39, 0.29) is 0 Å². The maximum atomic E-state index is 5.17. The molecule has 0 bridgehead atoms. The molecule has 104 valence electrons. The zero-order valence-corrected chi connectivity index (χ0v) is 12.0. The summed E-state index contributed by atoms with van der Waals surface area (Å²) >= 11 is 0. The highest BCUT2D eigenvalue weighted by atomic mass is 16.3. The van der Waals surface area contributed by atoms with Crippen LogP contribution in [-0.4, -0.2) is 16.3 Å². The standard InChI is InChI=1S/C15H23N3O/c1-4-7-16-15(9-12-6-8-19-11-12)13-10-18(3)17-14(13)5-2/h6,8,10-11,15-16H,4-5,7,9H2,1-3H3. The van der Waals surface area contributed by atoms with E-state index < -0.39 is 0 Å². The molecule has 4 nitrogen and oxygen atoms in total. The second-order valence-electron chi connectivity index (χ2n) is 4.90. The molecule has 0 radical (unpaired) electrons. The summed E-state index contributed by atoms with van der Waals surface area (Å²) < 4.78 is 7.08. The highest BCUT2D eigenvalue weighted by molar-refractivity contribution is 5.24. The Balaban J connectivity index is 2.20.